The van der Waals surface area contributed by atoms with Crippen LogP contribution in [0.3, 0.4) is 0 Å². The van der Waals surface area contributed by atoms with Crippen molar-refractivity contribution in [2.24, 2.45) is 5.92 Å². The number of methoxy groups -OCH3 is 1. The van der Waals surface area contributed by atoms with E-state index in [1.165, 1.54) is 0 Å². The molecule has 2 aliphatic rings. The van der Waals surface area contributed by atoms with E-state index in [-0.39, 0.29) is 36.5 Å². The van der Waals surface area contributed by atoms with Gasteiger partial charge in [-0.15, -0.1) is 0 Å². The molecule has 2 N–H and O–H groups in total. The molecule has 0 aromatic heterocycles. The van der Waals surface area contributed by atoms with Crippen LogP contribution in [0.5, 0.6) is 17.2 Å². The smallest absolute Gasteiger partial charge is 0.257 e. The van der Waals surface area contributed by atoms with E-state index in [0.29, 0.717) is 54.3 Å². The van der Waals surface area contributed by atoms with E-state index in [9.17, 15) is 14.4 Å². The Morgan fingerprint density at radius 1 is 1.06 bits per heavy atom. The van der Waals surface area contributed by atoms with Crippen LogP contribution >= 0.6 is 0 Å². The van der Waals surface area contributed by atoms with Gasteiger partial charge in [0, 0.05) is 24.7 Å². The monoisotopic (exact) mass is 495 g/mol. The van der Waals surface area contributed by atoms with Crippen LogP contribution in [0.4, 0.5) is 0 Å². The van der Waals surface area contributed by atoms with Gasteiger partial charge in [-0.2, -0.15) is 0 Å². The van der Waals surface area contributed by atoms with Gasteiger partial charge in [0.05, 0.1) is 12.7 Å². The van der Waals surface area contributed by atoms with Gasteiger partial charge in [-0.3, -0.25) is 14.4 Å². The van der Waals surface area contributed by atoms with Crippen LogP contribution in [0, 0.1) is 5.92 Å². The van der Waals surface area contributed by atoms with Gasteiger partial charge in [0.25, 0.3) is 11.8 Å². The Hall–Kier alpha value is -3.75. The Balaban J connectivity index is 1.46. The van der Waals surface area contributed by atoms with Crippen molar-refractivity contribution in [3.63, 3.8) is 0 Å². The average molecular weight is 496 g/mol. The lowest BCUT2D eigenvalue weighted by Crippen LogP contribution is -2.55. The molecular formula is C27H33N3O6. The second-order valence-electron chi connectivity index (χ2n) is 9.17. The SMILES string of the molecule is CCC(C)NC(=O)C(NC(=O)c1ccc2c(c1)OCO2)C1CCN(C(=O)c2ccccc2OC)CC1. The Morgan fingerprint density at radius 3 is 2.50 bits per heavy atom. The maximum atomic E-state index is 13.2. The molecular weight excluding hydrogens is 462 g/mol. The highest BCUT2D eigenvalue weighted by atomic mass is 16.7. The molecule has 9 heteroatoms. The first kappa shape index (κ1) is 25.3. The Bertz CT molecular complexity index is 1110. The lowest BCUT2D eigenvalue weighted by molar-refractivity contribution is -0.125. The minimum absolute atomic E-state index is 0.0188. The highest BCUT2D eigenvalue weighted by Crippen LogP contribution is 2.32. The van der Waals surface area contributed by atoms with Gasteiger partial charge in [0.1, 0.15) is 11.8 Å². The predicted molar refractivity (Wildman–Crippen MR) is 133 cm³/mol. The van der Waals surface area contributed by atoms with Crippen LogP contribution in [0.15, 0.2) is 42.5 Å². The molecule has 0 aliphatic carbocycles. The molecule has 192 valence electrons. The number of amides is 3. The predicted octanol–water partition coefficient (Wildman–Crippen LogP) is 2.99. The van der Waals surface area contributed by atoms with E-state index in [4.69, 9.17) is 14.2 Å². The van der Waals surface area contributed by atoms with Gasteiger partial charge in [0.15, 0.2) is 11.5 Å². The lowest BCUT2D eigenvalue weighted by Gasteiger charge is -2.36. The quantitative estimate of drug-likeness (QED) is 0.583. The summed E-state index contributed by atoms with van der Waals surface area (Å²) < 4.78 is 16.1. The normalized spacial score (nSPS) is 16.7. The summed E-state index contributed by atoms with van der Waals surface area (Å²) in [6.07, 6.45) is 1.95. The number of benzene rings is 2. The number of para-hydroxylation sites is 1. The first-order valence-corrected chi connectivity index (χ1v) is 12.3. The van der Waals surface area contributed by atoms with Crippen LogP contribution in [0.25, 0.3) is 0 Å². The van der Waals surface area contributed by atoms with Gasteiger partial charge in [-0.25, -0.2) is 0 Å². The van der Waals surface area contributed by atoms with E-state index in [1.807, 2.05) is 26.0 Å². The number of hydrogen-bond acceptors (Lipinski definition) is 6. The molecule has 2 unspecified atom stereocenters. The third-order valence-corrected chi connectivity index (χ3v) is 6.84. The molecule has 0 spiro atoms. The van der Waals surface area contributed by atoms with Crippen molar-refractivity contribution in [2.45, 2.75) is 45.2 Å². The minimum Gasteiger partial charge on any atom is -0.496 e. The summed E-state index contributed by atoms with van der Waals surface area (Å²) in [6, 6.07) is 11.4. The van der Waals surface area contributed by atoms with E-state index in [1.54, 1.807) is 42.3 Å². The third kappa shape index (κ3) is 5.56. The average Bonchev–Trinajstić information content (AvgIpc) is 3.39. The molecule has 2 aromatic rings. The number of rotatable bonds is 8. The van der Waals surface area contributed by atoms with Gasteiger partial charge in [0.2, 0.25) is 12.7 Å². The van der Waals surface area contributed by atoms with Crippen LogP contribution < -0.4 is 24.8 Å². The summed E-state index contributed by atoms with van der Waals surface area (Å²) >= 11 is 0. The standard InChI is InChI=1S/C27H33N3O6/c1-4-17(2)28-26(32)24(29-25(31)19-9-10-22-23(15-19)36-16-35-22)18-11-13-30(14-12-18)27(33)20-7-5-6-8-21(20)34-3/h5-10,15,17-18,24H,4,11-14,16H2,1-3H3,(H,28,32)(H,29,31). The molecule has 0 radical (unpaired) electrons. The number of nitrogens with one attached hydrogen (secondary N) is 2. The zero-order valence-electron chi connectivity index (χ0n) is 20.9. The van der Waals surface area contributed by atoms with E-state index in [2.05, 4.69) is 10.6 Å². The maximum absolute atomic E-state index is 13.2. The number of piperidine rings is 1. The van der Waals surface area contributed by atoms with Crippen molar-refractivity contribution in [3.8, 4) is 17.2 Å². The first-order chi connectivity index (χ1) is 17.4. The van der Waals surface area contributed by atoms with Crippen molar-refractivity contribution in [1.29, 1.82) is 0 Å². The molecule has 4 rings (SSSR count). The molecule has 0 saturated carbocycles. The molecule has 2 aliphatic heterocycles. The largest absolute Gasteiger partial charge is 0.496 e. The summed E-state index contributed by atoms with van der Waals surface area (Å²) in [7, 11) is 1.54. The van der Waals surface area contributed by atoms with Gasteiger partial charge in [-0.1, -0.05) is 19.1 Å². The number of fused-ring (bicyclic) bond motifs is 1. The molecule has 36 heavy (non-hydrogen) atoms. The summed E-state index contributed by atoms with van der Waals surface area (Å²) in [4.78, 5) is 41.2. The summed E-state index contributed by atoms with van der Waals surface area (Å²) in [5, 5.41) is 5.95. The van der Waals surface area contributed by atoms with Crippen LogP contribution in [0.2, 0.25) is 0 Å². The van der Waals surface area contributed by atoms with Gasteiger partial charge in [-0.05, 0) is 62.4 Å². The Morgan fingerprint density at radius 2 is 1.78 bits per heavy atom. The number of ether oxygens (including phenoxy) is 3. The van der Waals surface area contributed by atoms with Crippen LogP contribution in [0.1, 0.15) is 53.8 Å². The van der Waals surface area contributed by atoms with Crippen molar-refractivity contribution in [2.75, 3.05) is 27.0 Å². The fourth-order valence-electron chi connectivity index (χ4n) is 4.52. The summed E-state index contributed by atoms with van der Waals surface area (Å²) in [5.41, 5.74) is 0.907. The number of carbonyl (C=O) groups is 3. The Labute approximate surface area is 211 Å². The molecule has 1 fully saturated rings. The number of carbonyl (C=O) groups excluding carboxylic acids is 3. The topological polar surface area (TPSA) is 106 Å². The second kappa shape index (κ2) is 11.3. The van der Waals surface area contributed by atoms with E-state index in [0.717, 1.165) is 6.42 Å². The fraction of sp³-hybridized carbons (Fsp3) is 0.444. The fourth-order valence-corrected chi connectivity index (χ4v) is 4.52. The van der Waals surface area contributed by atoms with Gasteiger partial charge >= 0.3 is 0 Å². The van der Waals surface area contributed by atoms with Crippen molar-refractivity contribution in [1.82, 2.24) is 15.5 Å². The summed E-state index contributed by atoms with van der Waals surface area (Å²) in [5.74, 6) is 0.838. The van der Waals surface area contributed by atoms with Gasteiger partial charge < -0.3 is 29.7 Å². The minimum atomic E-state index is -0.722. The zero-order valence-corrected chi connectivity index (χ0v) is 20.9. The molecule has 0 bridgehead atoms. The number of likely N-dealkylation sites (tertiary alicyclic amines) is 1. The second-order valence-corrected chi connectivity index (χ2v) is 9.17. The van der Waals surface area contributed by atoms with Crippen molar-refractivity contribution >= 4 is 17.7 Å². The molecule has 2 atom stereocenters. The van der Waals surface area contributed by atoms with Crippen LogP contribution in [-0.2, 0) is 4.79 Å². The maximum Gasteiger partial charge on any atom is 0.257 e. The highest BCUT2D eigenvalue weighted by Gasteiger charge is 2.35. The van der Waals surface area contributed by atoms with E-state index < -0.39 is 6.04 Å². The number of nitrogens with zero attached hydrogens (tertiary/aromatic N) is 1. The lowest BCUT2D eigenvalue weighted by atomic mass is 9.88. The highest BCUT2D eigenvalue weighted by molar-refractivity contribution is 5.98. The number of hydrogen-bond donors (Lipinski definition) is 2. The molecule has 1 saturated heterocycles. The van der Waals surface area contributed by atoms with E-state index >= 15 is 0 Å². The van der Waals surface area contributed by atoms with Crippen molar-refractivity contribution < 1.29 is 28.6 Å². The molecule has 2 aromatic carbocycles. The first-order valence-electron chi connectivity index (χ1n) is 12.3. The van der Waals surface area contributed by atoms with Crippen LogP contribution in [-0.4, -0.2) is 61.7 Å². The molecule has 3 amide bonds. The molecule has 9 nitrogen and oxygen atoms in total. The zero-order chi connectivity index (χ0) is 25.7. The third-order valence-electron chi connectivity index (χ3n) is 6.84. The summed E-state index contributed by atoms with van der Waals surface area (Å²) in [6.45, 7) is 5.01. The van der Waals surface area contributed by atoms with Crippen molar-refractivity contribution in [3.05, 3.63) is 53.6 Å². The Kier molecular flexibility index (Phi) is 7.97. The molecule has 2 heterocycles.